The molecule has 0 amide bonds. The second-order valence-electron chi connectivity index (χ2n) is 4.88. The zero-order chi connectivity index (χ0) is 10.8. The third-order valence-electron chi connectivity index (χ3n) is 4.00. The number of terminal acetylenes is 1. The van der Waals surface area contributed by atoms with Crippen LogP contribution in [0.2, 0.25) is 0 Å². The lowest BCUT2D eigenvalue weighted by Crippen LogP contribution is -2.44. The Hall–Kier alpha value is -0.740. The number of allylic oxidation sites excluding steroid dienone is 2. The average molecular weight is 204 g/mol. The van der Waals surface area contributed by atoms with Crippen LogP contribution in [-0.4, -0.2) is 11.2 Å². The van der Waals surface area contributed by atoms with Crippen molar-refractivity contribution in [1.29, 1.82) is 0 Å². The van der Waals surface area contributed by atoms with Crippen molar-refractivity contribution in [3.63, 3.8) is 0 Å². The first-order chi connectivity index (χ1) is 7.27. The van der Waals surface area contributed by atoms with Crippen LogP contribution in [0.3, 0.4) is 0 Å². The molecule has 0 aromatic rings. The van der Waals surface area contributed by atoms with Crippen molar-refractivity contribution < 1.29 is 5.11 Å². The minimum Gasteiger partial charge on any atom is -0.392 e. The van der Waals surface area contributed by atoms with E-state index in [0.717, 1.165) is 19.3 Å². The van der Waals surface area contributed by atoms with Gasteiger partial charge in [-0.3, -0.25) is 0 Å². The average Bonchev–Trinajstić information content (AvgIpc) is 2.21. The Balaban J connectivity index is 2.01. The van der Waals surface area contributed by atoms with Crippen LogP contribution in [0.1, 0.15) is 39.0 Å². The number of rotatable bonds is 2. The molecule has 0 aromatic heterocycles. The maximum absolute atomic E-state index is 9.79. The molecule has 0 bridgehead atoms. The molecule has 0 aliphatic heterocycles. The Morgan fingerprint density at radius 3 is 3.00 bits per heavy atom. The molecule has 0 radical (unpaired) electrons. The second kappa shape index (κ2) is 4.41. The molecule has 0 saturated heterocycles. The van der Waals surface area contributed by atoms with Gasteiger partial charge in [0.05, 0.1) is 6.10 Å². The van der Waals surface area contributed by atoms with Crippen LogP contribution in [0.5, 0.6) is 0 Å². The summed E-state index contributed by atoms with van der Waals surface area (Å²) in [6, 6.07) is 0. The van der Waals surface area contributed by atoms with E-state index in [2.05, 4.69) is 18.9 Å². The quantitative estimate of drug-likeness (QED) is 0.541. The molecule has 1 nitrogen and oxygen atoms in total. The summed E-state index contributed by atoms with van der Waals surface area (Å²) in [7, 11) is 0. The molecule has 0 heterocycles. The maximum atomic E-state index is 9.79. The van der Waals surface area contributed by atoms with Crippen molar-refractivity contribution in [2.75, 3.05) is 0 Å². The SMILES string of the molecule is C#C[C@@H]1[C@H]2CC(=CCCC)[C@H]2CC[C@H]1O. The molecule has 1 heteroatoms. The molecule has 4 atom stereocenters. The number of aliphatic hydroxyl groups is 1. The van der Waals surface area contributed by atoms with Gasteiger partial charge in [0.15, 0.2) is 0 Å². The van der Waals surface area contributed by atoms with Crippen molar-refractivity contribution in [2.45, 2.75) is 45.1 Å². The van der Waals surface area contributed by atoms with Crippen molar-refractivity contribution in [3.05, 3.63) is 11.6 Å². The lowest BCUT2D eigenvalue weighted by molar-refractivity contribution is 0.0139. The van der Waals surface area contributed by atoms with Crippen LogP contribution in [0.15, 0.2) is 11.6 Å². The van der Waals surface area contributed by atoms with E-state index >= 15 is 0 Å². The largest absolute Gasteiger partial charge is 0.392 e. The molecule has 0 aromatic carbocycles. The highest BCUT2D eigenvalue weighted by atomic mass is 16.3. The van der Waals surface area contributed by atoms with E-state index < -0.39 is 0 Å². The molecule has 2 rings (SSSR count). The third kappa shape index (κ3) is 1.84. The van der Waals surface area contributed by atoms with Gasteiger partial charge >= 0.3 is 0 Å². The first-order valence-electron chi connectivity index (χ1n) is 6.11. The number of hydrogen-bond donors (Lipinski definition) is 1. The highest BCUT2D eigenvalue weighted by Gasteiger charge is 2.45. The van der Waals surface area contributed by atoms with Crippen molar-refractivity contribution in [1.82, 2.24) is 0 Å². The fourth-order valence-electron chi connectivity index (χ4n) is 3.07. The Bertz CT molecular complexity index is 297. The van der Waals surface area contributed by atoms with E-state index in [9.17, 15) is 5.11 Å². The summed E-state index contributed by atoms with van der Waals surface area (Å²) in [6.45, 7) is 2.21. The number of hydrogen-bond acceptors (Lipinski definition) is 1. The van der Waals surface area contributed by atoms with E-state index in [4.69, 9.17) is 6.42 Å². The molecule has 2 saturated carbocycles. The molecule has 2 aliphatic rings. The van der Waals surface area contributed by atoms with Crippen molar-refractivity contribution >= 4 is 0 Å². The van der Waals surface area contributed by atoms with Gasteiger partial charge < -0.3 is 5.11 Å². The maximum Gasteiger partial charge on any atom is 0.0680 e. The molecule has 2 aliphatic carbocycles. The fourth-order valence-corrected chi connectivity index (χ4v) is 3.07. The van der Waals surface area contributed by atoms with Crippen molar-refractivity contribution in [2.24, 2.45) is 17.8 Å². The Labute approximate surface area is 92.6 Å². The van der Waals surface area contributed by atoms with E-state index in [1.807, 2.05) is 0 Å². The molecule has 15 heavy (non-hydrogen) atoms. The van der Waals surface area contributed by atoms with Gasteiger partial charge in [0.2, 0.25) is 0 Å². The van der Waals surface area contributed by atoms with Crippen LogP contribution in [0.25, 0.3) is 0 Å². The van der Waals surface area contributed by atoms with Gasteiger partial charge in [-0.05, 0) is 37.5 Å². The summed E-state index contributed by atoms with van der Waals surface area (Å²) in [5.74, 6) is 4.16. The summed E-state index contributed by atoms with van der Waals surface area (Å²) in [6.07, 6.45) is 13.2. The Kier molecular flexibility index (Phi) is 3.17. The standard InChI is InChI=1S/C14H20O/c1-3-5-6-10-9-13-11(4-2)14(15)8-7-12(10)13/h2,6,11-15H,3,5,7-9H2,1H3/t11-,12-,13-,14-/m1/s1. The summed E-state index contributed by atoms with van der Waals surface area (Å²) < 4.78 is 0. The smallest absolute Gasteiger partial charge is 0.0680 e. The summed E-state index contributed by atoms with van der Waals surface area (Å²) in [5, 5.41) is 9.79. The fraction of sp³-hybridized carbons (Fsp3) is 0.714. The zero-order valence-corrected chi connectivity index (χ0v) is 9.45. The van der Waals surface area contributed by atoms with Crippen LogP contribution < -0.4 is 0 Å². The number of aliphatic hydroxyl groups excluding tert-OH is 1. The molecule has 0 unspecified atom stereocenters. The van der Waals surface area contributed by atoms with E-state index in [1.165, 1.54) is 12.8 Å². The Morgan fingerprint density at radius 1 is 1.53 bits per heavy atom. The van der Waals surface area contributed by atoms with E-state index in [-0.39, 0.29) is 12.0 Å². The third-order valence-corrected chi connectivity index (χ3v) is 4.00. The van der Waals surface area contributed by atoms with Crippen molar-refractivity contribution in [3.8, 4) is 12.3 Å². The van der Waals surface area contributed by atoms with Crippen LogP contribution in [0.4, 0.5) is 0 Å². The lowest BCUT2D eigenvalue weighted by atomic mass is 9.57. The number of fused-ring (bicyclic) bond motifs is 1. The summed E-state index contributed by atoms with van der Waals surface area (Å²) >= 11 is 0. The first kappa shape index (κ1) is 10.8. The second-order valence-corrected chi connectivity index (χ2v) is 4.88. The first-order valence-corrected chi connectivity index (χ1v) is 6.11. The molecule has 82 valence electrons. The monoisotopic (exact) mass is 204 g/mol. The lowest BCUT2D eigenvalue weighted by Gasteiger charge is -2.48. The molecule has 2 fully saturated rings. The predicted molar refractivity (Wildman–Crippen MR) is 62.2 cm³/mol. The topological polar surface area (TPSA) is 20.2 Å². The highest BCUT2D eigenvalue weighted by molar-refractivity contribution is 5.24. The van der Waals surface area contributed by atoms with Crippen LogP contribution in [0, 0.1) is 30.1 Å². The molecular formula is C14H20O. The van der Waals surface area contributed by atoms with Gasteiger partial charge in [-0.25, -0.2) is 0 Å². The van der Waals surface area contributed by atoms with Gasteiger partial charge in [-0.15, -0.1) is 12.3 Å². The predicted octanol–water partition coefficient (Wildman–Crippen LogP) is 2.75. The molecular weight excluding hydrogens is 184 g/mol. The van der Waals surface area contributed by atoms with Gasteiger partial charge in [0, 0.05) is 5.92 Å². The summed E-state index contributed by atoms with van der Waals surface area (Å²) in [4.78, 5) is 0. The molecule has 1 N–H and O–H groups in total. The van der Waals surface area contributed by atoms with E-state index in [0.29, 0.717) is 11.8 Å². The normalized spacial score (nSPS) is 41.8. The highest BCUT2D eigenvalue weighted by Crippen LogP contribution is 2.51. The number of unbranched alkanes of at least 4 members (excludes halogenated alkanes) is 1. The van der Waals surface area contributed by atoms with Gasteiger partial charge in [0.1, 0.15) is 0 Å². The summed E-state index contributed by atoms with van der Waals surface area (Å²) in [5.41, 5.74) is 1.61. The minimum atomic E-state index is -0.246. The molecule has 0 spiro atoms. The Morgan fingerprint density at radius 2 is 2.33 bits per heavy atom. The van der Waals surface area contributed by atoms with E-state index in [1.54, 1.807) is 5.57 Å². The van der Waals surface area contributed by atoms with Crippen LogP contribution in [-0.2, 0) is 0 Å². The zero-order valence-electron chi connectivity index (χ0n) is 9.45. The van der Waals surface area contributed by atoms with Gasteiger partial charge in [0.25, 0.3) is 0 Å². The van der Waals surface area contributed by atoms with Gasteiger partial charge in [-0.1, -0.05) is 25.0 Å². The minimum absolute atomic E-state index is 0.113. The van der Waals surface area contributed by atoms with Gasteiger partial charge in [-0.2, -0.15) is 0 Å². The van der Waals surface area contributed by atoms with Crippen LogP contribution >= 0.6 is 0 Å².